The van der Waals surface area contributed by atoms with Gasteiger partial charge in [0.1, 0.15) is 5.78 Å². The normalized spacial score (nSPS) is 30.3. The second-order valence-electron chi connectivity index (χ2n) is 9.17. The van der Waals surface area contributed by atoms with Gasteiger partial charge >= 0.3 is 6.18 Å². The first-order valence-electron chi connectivity index (χ1n) is 10.1. The quantitative estimate of drug-likeness (QED) is 0.683. The van der Waals surface area contributed by atoms with Gasteiger partial charge in [-0.15, -0.1) is 0 Å². The second kappa shape index (κ2) is 7.91. The van der Waals surface area contributed by atoms with E-state index in [4.69, 9.17) is 4.55 Å². The molecule has 0 amide bonds. The van der Waals surface area contributed by atoms with Crippen LogP contribution in [0.15, 0.2) is 24.3 Å². The maximum Gasteiger partial charge on any atom is 0.416 e. The van der Waals surface area contributed by atoms with Gasteiger partial charge < -0.3 is 5.32 Å². The topological polar surface area (TPSA) is 83.5 Å². The lowest BCUT2D eigenvalue weighted by Crippen LogP contribution is -2.42. The molecule has 9 heteroatoms. The molecule has 30 heavy (non-hydrogen) atoms. The molecule has 3 aliphatic rings. The van der Waals surface area contributed by atoms with Crippen LogP contribution >= 0.6 is 0 Å². The molecule has 0 spiro atoms. The fourth-order valence-electron chi connectivity index (χ4n) is 5.45. The summed E-state index contributed by atoms with van der Waals surface area (Å²) in [6.07, 6.45) is -1.48. The summed E-state index contributed by atoms with van der Waals surface area (Å²) in [6, 6.07) is 5.85. The predicted molar refractivity (Wildman–Crippen MR) is 107 cm³/mol. The van der Waals surface area contributed by atoms with Gasteiger partial charge in [0.2, 0.25) is 0 Å². The number of ketones is 1. The minimum Gasteiger partial charge on any atom is -0.316 e. The van der Waals surface area contributed by atoms with Crippen LogP contribution < -0.4 is 5.32 Å². The highest BCUT2D eigenvalue weighted by molar-refractivity contribution is 7.85. The Kier molecular flexibility index (Phi) is 6.12. The smallest absolute Gasteiger partial charge is 0.316 e. The molecule has 0 aromatic heterocycles. The average Bonchev–Trinajstić information content (AvgIpc) is 3.27. The zero-order valence-corrected chi connectivity index (χ0v) is 17.9. The van der Waals surface area contributed by atoms with Gasteiger partial charge in [0.15, 0.2) is 0 Å². The molecule has 1 aromatic rings. The van der Waals surface area contributed by atoms with Gasteiger partial charge in [0.25, 0.3) is 10.1 Å². The number of carbonyl (C=O) groups is 1. The molecule has 2 bridgehead atoms. The van der Waals surface area contributed by atoms with E-state index in [-0.39, 0.29) is 23.0 Å². The van der Waals surface area contributed by atoms with E-state index in [9.17, 15) is 26.4 Å². The molecule has 0 radical (unpaired) electrons. The predicted octanol–water partition coefficient (Wildman–Crippen LogP) is 4.05. The summed E-state index contributed by atoms with van der Waals surface area (Å²) in [4.78, 5) is 11.9. The van der Waals surface area contributed by atoms with Crippen molar-refractivity contribution in [3.63, 3.8) is 0 Å². The van der Waals surface area contributed by atoms with Crippen molar-refractivity contribution in [1.29, 1.82) is 0 Å². The first-order chi connectivity index (χ1) is 13.8. The van der Waals surface area contributed by atoms with Crippen molar-refractivity contribution in [2.75, 3.05) is 18.8 Å². The van der Waals surface area contributed by atoms with Crippen LogP contribution in [0.5, 0.6) is 0 Å². The molecular formula is C21H28F3NO4S. The van der Waals surface area contributed by atoms with E-state index in [1.54, 1.807) is 12.1 Å². The zero-order chi connectivity index (χ0) is 22.4. The molecule has 168 valence electrons. The standard InChI is InChI=1S/C11H12F3N.C10H16O4S/c12-11(13,14)10-4-2-1-3-9(10)8-5-6-15-7-8;1-9(2)7-3-4-10(9,8(11)5-7)6-15(12,13)14/h1-4,8,15H,5-7H2;7H,3-6H2,1-2H3,(H,12,13,14)/t8-;7-,10-/m10/s1. The number of Topliss-reactive ketones (excluding diaryl/α,β-unsaturated/α-hetero) is 1. The highest BCUT2D eigenvalue weighted by Gasteiger charge is 2.65. The van der Waals surface area contributed by atoms with Crippen LogP contribution in [0.2, 0.25) is 0 Å². The highest BCUT2D eigenvalue weighted by atomic mass is 32.2. The van der Waals surface area contributed by atoms with Crippen molar-refractivity contribution in [3.05, 3.63) is 35.4 Å². The Morgan fingerprint density at radius 3 is 2.33 bits per heavy atom. The van der Waals surface area contributed by atoms with Crippen LogP contribution in [-0.4, -0.2) is 37.6 Å². The third kappa shape index (κ3) is 4.29. The molecule has 1 aromatic carbocycles. The van der Waals surface area contributed by atoms with Gasteiger partial charge in [-0.3, -0.25) is 9.35 Å². The van der Waals surface area contributed by atoms with E-state index in [1.165, 1.54) is 6.07 Å². The fraction of sp³-hybridized carbons (Fsp3) is 0.667. The van der Waals surface area contributed by atoms with E-state index >= 15 is 0 Å². The van der Waals surface area contributed by atoms with Crippen molar-refractivity contribution in [2.24, 2.45) is 16.7 Å². The molecule has 3 atom stereocenters. The van der Waals surface area contributed by atoms with Crippen LogP contribution in [-0.2, 0) is 21.1 Å². The third-order valence-corrected chi connectivity index (χ3v) is 8.19. The molecule has 4 rings (SSSR count). The molecular weight excluding hydrogens is 419 g/mol. The van der Waals surface area contributed by atoms with Crippen LogP contribution in [0.1, 0.15) is 56.6 Å². The summed E-state index contributed by atoms with van der Waals surface area (Å²) in [6.45, 7) is 5.34. The van der Waals surface area contributed by atoms with E-state index in [0.717, 1.165) is 25.5 Å². The largest absolute Gasteiger partial charge is 0.416 e. The maximum absolute atomic E-state index is 12.7. The summed E-state index contributed by atoms with van der Waals surface area (Å²) in [5.41, 5.74) is -1.18. The Labute approximate surface area is 175 Å². The van der Waals surface area contributed by atoms with Gasteiger partial charge in [-0.05, 0) is 54.7 Å². The minimum atomic E-state index is -4.24. The maximum atomic E-state index is 12.7. The summed E-state index contributed by atoms with van der Waals surface area (Å²) in [7, 11) is -4.08. The first-order valence-corrected chi connectivity index (χ1v) is 11.7. The van der Waals surface area contributed by atoms with E-state index < -0.39 is 33.0 Å². The number of hydrogen-bond donors (Lipinski definition) is 2. The molecule has 2 N–H and O–H groups in total. The van der Waals surface area contributed by atoms with Crippen molar-refractivity contribution in [1.82, 2.24) is 5.32 Å². The van der Waals surface area contributed by atoms with Crippen LogP contribution in [0.3, 0.4) is 0 Å². The lowest BCUT2D eigenvalue weighted by molar-refractivity contribution is -0.138. The number of alkyl halides is 3. The Morgan fingerprint density at radius 2 is 1.87 bits per heavy atom. The minimum absolute atomic E-state index is 0.00262. The van der Waals surface area contributed by atoms with Crippen molar-refractivity contribution in [3.8, 4) is 0 Å². The van der Waals surface area contributed by atoms with E-state index in [2.05, 4.69) is 5.32 Å². The van der Waals surface area contributed by atoms with Crippen LogP contribution in [0.25, 0.3) is 0 Å². The Balaban J connectivity index is 0.000000171. The lowest BCUT2D eigenvalue weighted by atomic mass is 9.70. The number of benzene rings is 1. The summed E-state index contributed by atoms with van der Waals surface area (Å²) in [5, 5.41) is 3.08. The average molecular weight is 448 g/mol. The summed E-state index contributed by atoms with van der Waals surface area (Å²) < 4.78 is 69.0. The van der Waals surface area contributed by atoms with Crippen molar-refractivity contribution in [2.45, 2.75) is 51.6 Å². The zero-order valence-electron chi connectivity index (χ0n) is 17.1. The third-order valence-electron chi connectivity index (χ3n) is 7.33. The Hall–Kier alpha value is -1.45. The molecule has 1 saturated heterocycles. The van der Waals surface area contributed by atoms with Gasteiger partial charge in [-0.25, -0.2) is 0 Å². The monoisotopic (exact) mass is 447 g/mol. The van der Waals surface area contributed by atoms with Crippen molar-refractivity contribution < 1.29 is 30.9 Å². The van der Waals surface area contributed by atoms with Gasteiger partial charge in [-0.1, -0.05) is 32.0 Å². The number of fused-ring (bicyclic) bond motifs is 2. The molecule has 1 heterocycles. The second-order valence-corrected chi connectivity index (χ2v) is 10.6. The number of carbonyl (C=O) groups excluding carboxylic acids is 1. The van der Waals surface area contributed by atoms with E-state index in [0.29, 0.717) is 24.9 Å². The summed E-state index contributed by atoms with van der Waals surface area (Å²) >= 11 is 0. The SMILES string of the molecule is CC1(C)[C@H]2CC[C@]1(CS(=O)(=O)O)C(=O)C2.FC(F)(F)c1ccccc1[C@@H]1CCNC1. The Morgan fingerprint density at radius 1 is 1.20 bits per heavy atom. The summed E-state index contributed by atoms with van der Waals surface area (Å²) in [5.74, 6) is -0.0987. The van der Waals surface area contributed by atoms with Crippen molar-refractivity contribution >= 4 is 15.9 Å². The molecule has 3 fully saturated rings. The lowest BCUT2D eigenvalue weighted by Gasteiger charge is -2.35. The van der Waals surface area contributed by atoms with Crippen LogP contribution in [0.4, 0.5) is 13.2 Å². The molecule has 2 aliphatic carbocycles. The molecule has 0 unspecified atom stereocenters. The highest BCUT2D eigenvalue weighted by Crippen LogP contribution is 2.64. The fourth-order valence-corrected chi connectivity index (χ4v) is 6.75. The van der Waals surface area contributed by atoms with E-state index in [1.807, 2.05) is 13.8 Å². The first kappa shape index (κ1) is 23.2. The molecule has 5 nitrogen and oxygen atoms in total. The van der Waals surface area contributed by atoms with Crippen LogP contribution in [0, 0.1) is 16.7 Å². The number of nitrogens with one attached hydrogen (secondary N) is 1. The van der Waals surface area contributed by atoms with Gasteiger partial charge in [0, 0.05) is 13.0 Å². The van der Waals surface area contributed by atoms with Gasteiger partial charge in [-0.2, -0.15) is 21.6 Å². The van der Waals surface area contributed by atoms with Gasteiger partial charge in [0.05, 0.1) is 16.7 Å². The molecule has 2 saturated carbocycles. The molecule has 1 aliphatic heterocycles. The number of rotatable bonds is 3. The Bertz CT molecular complexity index is 907. The number of hydrogen-bond acceptors (Lipinski definition) is 4. The number of halogens is 3.